The highest BCUT2D eigenvalue weighted by Crippen LogP contribution is 2.33. The molecule has 7 heteroatoms. The van der Waals surface area contributed by atoms with Crippen LogP contribution in [-0.2, 0) is 4.74 Å². The van der Waals surface area contributed by atoms with Gasteiger partial charge in [0.25, 0.3) is 0 Å². The zero-order chi connectivity index (χ0) is 16.7. The molecule has 3 heterocycles. The molecule has 24 heavy (non-hydrogen) atoms. The molecular weight excluding hydrogens is 306 g/mol. The average Bonchev–Trinajstić information content (AvgIpc) is 2.56. The number of nitrogen functional groups attached to an aromatic ring is 1. The van der Waals surface area contributed by atoms with E-state index in [-0.39, 0.29) is 5.75 Å². The van der Waals surface area contributed by atoms with E-state index in [9.17, 15) is 5.11 Å². The van der Waals surface area contributed by atoms with Gasteiger partial charge in [0.15, 0.2) is 5.82 Å². The molecule has 2 bridgehead atoms. The Hall–Kier alpha value is -2.38. The van der Waals surface area contributed by atoms with Crippen molar-refractivity contribution >= 4 is 11.5 Å². The number of anilines is 2. The second kappa shape index (κ2) is 5.92. The maximum Gasteiger partial charge on any atom is 0.169 e. The van der Waals surface area contributed by atoms with Crippen molar-refractivity contribution in [3.8, 4) is 17.0 Å². The predicted octanol–water partition coefficient (Wildman–Crippen LogP) is 0.951. The van der Waals surface area contributed by atoms with Gasteiger partial charge in [-0.15, -0.1) is 10.2 Å². The van der Waals surface area contributed by atoms with Crippen LogP contribution in [0.5, 0.6) is 5.75 Å². The number of likely N-dealkylation sites (N-methyl/N-ethyl adjacent to an activating group) is 1. The van der Waals surface area contributed by atoms with Crippen LogP contribution in [0.25, 0.3) is 11.3 Å². The Morgan fingerprint density at radius 3 is 2.58 bits per heavy atom. The SMILES string of the molecule is CN1C2COCC1CN(c1cc(-c3ccccc3O)nnc1N)C2. The zero-order valence-corrected chi connectivity index (χ0v) is 13.6. The van der Waals surface area contributed by atoms with Crippen LogP contribution in [0, 0.1) is 0 Å². The van der Waals surface area contributed by atoms with E-state index in [0.29, 0.717) is 29.2 Å². The number of hydrogen-bond donors (Lipinski definition) is 2. The van der Waals surface area contributed by atoms with Crippen molar-refractivity contribution in [2.45, 2.75) is 12.1 Å². The zero-order valence-electron chi connectivity index (χ0n) is 13.6. The summed E-state index contributed by atoms with van der Waals surface area (Å²) in [5.74, 6) is 0.601. The summed E-state index contributed by atoms with van der Waals surface area (Å²) in [4.78, 5) is 4.64. The molecule has 1 aromatic carbocycles. The number of benzene rings is 1. The molecule has 126 valence electrons. The lowest BCUT2D eigenvalue weighted by molar-refractivity contribution is -0.0439. The first-order valence-electron chi connectivity index (χ1n) is 8.09. The summed E-state index contributed by atoms with van der Waals surface area (Å²) in [7, 11) is 2.15. The Balaban J connectivity index is 1.69. The second-order valence-electron chi connectivity index (χ2n) is 6.43. The van der Waals surface area contributed by atoms with Crippen molar-refractivity contribution < 1.29 is 9.84 Å². The van der Waals surface area contributed by atoms with Gasteiger partial charge in [0.05, 0.1) is 36.7 Å². The van der Waals surface area contributed by atoms with Crippen LogP contribution in [0.2, 0.25) is 0 Å². The molecule has 2 aromatic rings. The first-order chi connectivity index (χ1) is 11.6. The van der Waals surface area contributed by atoms with Gasteiger partial charge in [0.1, 0.15) is 5.75 Å². The maximum atomic E-state index is 10.1. The highest BCUT2D eigenvalue weighted by atomic mass is 16.5. The summed E-state index contributed by atoms with van der Waals surface area (Å²) in [6.07, 6.45) is 0. The molecule has 0 amide bonds. The van der Waals surface area contributed by atoms with E-state index in [4.69, 9.17) is 10.5 Å². The molecule has 0 spiro atoms. The van der Waals surface area contributed by atoms with Crippen LogP contribution in [0.15, 0.2) is 30.3 Å². The van der Waals surface area contributed by atoms with Crippen molar-refractivity contribution in [1.29, 1.82) is 0 Å². The Morgan fingerprint density at radius 2 is 1.88 bits per heavy atom. The number of phenols is 1. The fourth-order valence-electron chi connectivity index (χ4n) is 3.48. The quantitative estimate of drug-likeness (QED) is 0.849. The predicted molar refractivity (Wildman–Crippen MR) is 91.9 cm³/mol. The van der Waals surface area contributed by atoms with Gasteiger partial charge in [0.2, 0.25) is 0 Å². The Morgan fingerprint density at radius 1 is 1.17 bits per heavy atom. The summed E-state index contributed by atoms with van der Waals surface area (Å²) in [6, 6.07) is 9.73. The molecule has 2 aliphatic rings. The van der Waals surface area contributed by atoms with Crippen molar-refractivity contribution in [3.05, 3.63) is 30.3 Å². The minimum absolute atomic E-state index is 0.186. The Bertz CT molecular complexity index is 740. The third-order valence-electron chi connectivity index (χ3n) is 4.96. The lowest BCUT2D eigenvalue weighted by Gasteiger charge is -2.48. The molecule has 2 saturated heterocycles. The third-order valence-corrected chi connectivity index (χ3v) is 4.96. The smallest absolute Gasteiger partial charge is 0.169 e. The molecule has 3 N–H and O–H groups in total. The van der Waals surface area contributed by atoms with Crippen LogP contribution in [0.4, 0.5) is 11.5 Å². The van der Waals surface area contributed by atoms with E-state index in [1.807, 2.05) is 18.2 Å². The van der Waals surface area contributed by atoms with E-state index >= 15 is 0 Å². The first kappa shape index (κ1) is 15.2. The lowest BCUT2D eigenvalue weighted by Crippen LogP contribution is -2.63. The number of nitrogens with two attached hydrogens (primary N) is 1. The summed E-state index contributed by atoms with van der Waals surface area (Å²) >= 11 is 0. The van der Waals surface area contributed by atoms with Gasteiger partial charge >= 0.3 is 0 Å². The minimum atomic E-state index is 0.186. The number of para-hydroxylation sites is 1. The van der Waals surface area contributed by atoms with Crippen LogP contribution in [0.3, 0.4) is 0 Å². The lowest BCUT2D eigenvalue weighted by atomic mass is 10.0. The van der Waals surface area contributed by atoms with Gasteiger partial charge in [-0.25, -0.2) is 0 Å². The van der Waals surface area contributed by atoms with Gasteiger partial charge in [-0.3, -0.25) is 4.90 Å². The molecule has 2 unspecified atom stereocenters. The average molecular weight is 327 g/mol. The summed E-state index contributed by atoms with van der Waals surface area (Å²) < 4.78 is 5.67. The van der Waals surface area contributed by atoms with E-state index in [1.54, 1.807) is 12.1 Å². The van der Waals surface area contributed by atoms with Crippen LogP contribution in [-0.4, -0.2) is 65.6 Å². The van der Waals surface area contributed by atoms with Gasteiger partial charge in [-0.1, -0.05) is 12.1 Å². The maximum absolute atomic E-state index is 10.1. The van der Waals surface area contributed by atoms with Crippen LogP contribution >= 0.6 is 0 Å². The number of piperazine rings is 1. The largest absolute Gasteiger partial charge is 0.507 e. The summed E-state index contributed by atoms with van der Waals surface area (Å²) in [5, 5.41) is 18.3. The van der Waals surface area contributed by atoms with Crippen LogP contribution < -0.4 is 10.6 Å². The van der Waals surface area contributed by atoms with Crippen molar-refractivity contribution in [1.82, 2.24) is 15.1 Å². The van der Waals surface area contributed by atoms with E-state index in [1.165, 1.54) is 0 Å². The number of phenolic OH excluding ortho intramolecular Hbond substituents is 1. The number of morpholine rings is 1. The Labute approximate surface area is 140 Å². The third kappa shape index (κ3) is 2.55. The summed E-state index contributed by atoms with van der Waals surface area (Å²) in [5.41, 5.74) is 8.25. The minimum Gasteiger partial charge on any atom is -0.507 e. The molecular formula is C17H21N5O2. The molecule has 4 rings (SSSR count). The van der Waals surface area contributed by atoms with E-state index in [2.05, 4.69) is 27.0 Å². The second-order valence-corrected chi connectivity index (χ2v) is 6.43. The fourth-order valence-corrected chi connectivity index (χ4v) is 3.48. The van der Waals surface area contributed by atoms with Gasteiger partial charge < -0.3 is 20.5 Å². The molecule has 0 aliphatic carbocycles. The van der Waals surface area contributed by atoms with Gasteiger partial charge in [0, 0.05) is 18.7 Å². The first-order valence-corrected chi connectivity index (χ1v) is 8.09. The van der Waals surface area contributed by atoms with Crippen LogP contribution in [0.1, 0.15) is 0 Å². The van der Waals surface area contributed by atoms with Gasteiger partial charge in [-0.2, -0.15) is 0 Å². The summed E-state index contributed by atoms with van der Waals surface area (Å²) in [6.45, 7) is 3.13. The molecule has 1 aromatic heterocycles. The van der Waals surface area contributed by atoms with E-state index in [0.717, 1.165) is 32.0 Å². The number of ether oxygens (including phenoxy) is 1. The topological polar surface area (TPSA) is 87.7 Å². The van der Waals surface area contributed by atoms with E-state index < -0.39 is 0 Å². The molecule has 7 nitrogen and oxygen atoms in total. The van der Waals surface area contributed by atoms with Gasteiger partial charge in [-0.05, 0) is 25.2 Å². The molecule has 2 fully saturated rings. The fraction of sp³-hybridized carbons (Fsp3) is 0.412. The monoisotopic (exact) mass is 327 g/mol. The number of aromatic nitrogens is 2. The number of aromatic hydroxyl groups is 1. The normalized spacial score (nSPS) is 24.1. The molecule has 2 atom stereocenters. The standard InChI is InChI=1S/C17H21N5O2/c1-21-11-7-22(8-12(21)10-24-9-11)15-6-14(19-20-17(15)18)13-4-2-3-5-16(13)23/h2-6,11-12,23H,7-10H2,1H3,(H2,18,20). The molecule has 2 aliphatic heterocycles. The highest BCUT2D eigenvalue weighted by Gasteiger charge is 2.36. The number of rotatable bonds is 2. The molecule has 0 radical (unpaired) electrons. The van der Waals surface area contributed by atoms with Crippen molar-refractivity contribution in [3.63, 3.8) is 0 Å². The molecule has 0 saturated carbocycles. The van der Waals surface area contributed by atoms with Crippen molar-refractivity contribution in [2.24, 2.45) is 0 Å². The number of nitrogens with zero attached hydrogens (tertiary/aromatic N) is 4. The highest BCUT2D eigenvalue weighted by molar-refractivity contribution is 5.74. The van der Waals surface area contributed by atoms with Crippen molar-refractivity contribution in [2.75, 3.05) is 44.0 Å². The number of fused-ring (bicyclic) bond motifs is 2. The number of hydrogen-bond acceptors (Lipinski definition) is 7. The Kier molecular flexibility index (Phi) is 3.74.